The van der Waals surface area contributed by atoms with E-state index in [4.69, 9.17) is 16.3 Å². The zero-order chi connectivity index (χ0) is 10.1. The van der Waals surface area contributed by atoms with Crippen molar-refractivity contribution in [2.45, 2.75) is 6.61 Å². The minimum atomic E-state index is 0.525. The molecule has 2 aromatic rings. The third-order valence-electron chi connectivity index (χ3n) is 1.88. The lowest BCUT2D eigenvalue weighted by atomic mass is 10.5. The lowest BCUT2D eigenvalue weighted by Gasteiger charge is -1.95. The Balaban J connectivity index is 2.61. The molecule has 14 heavy (non-hydrogen) atoms. The van der Waals surface area contributed by atoms with E-state index in [9.17, 15) is 0 Å². The van der Waals surface area contributed by atoms with Crippen molar-refractivity contribution in [3.8, 4) is 0 Å². The number of nitrogens with zero attached hydrogens (tertiary/aromatic N) is 2. The molecular formula is C9H8ClIN2O. The Kier molecular flexibility index (Phi) is 2.94. The standard InChI is InChI=1S/C9H8ClIN2O/c1-14-5-7-9(11)13-3-2-6(10)4-8(13)12-7/h2-4H,5H2,1H3. The molecule has 0 saturated heterocycles. The number of halogens is 2. The van der Waals surface area contributed by atoms with Gasteiger partial charge in [-0.2, -0.15) is 0 Å². The van der Waals surface area contributed by atoms with E-state index >= 15 is 0 Å². The van der Waals surface area contributed by atoms with E-state index in [1.54, 1.807) is 7.11 Å². The first kappa shape index (κ1) is 10.2. The molecule has 0 aliphatic heterocycles. The second-order valence-electron chi connectivity index (χ2n) is 2.86. The lowest BCUT2D eigenvalue weighted by Crippen LogP contribution is -1.91. The first-order chi connectivity index (χ1) is 6.72. The molecule has 2 heterocycles. The van der Waals surface area contributed by atoms with Crippen molar-refractivity contribution in [2.24, 2.45) is 0 Å². The van der Waals surface area contributed by atoms with Gasteiger partial charge in [0.25, 0.3) is 0 Å². The second kappa shape index (κ2) is 4.04. The molecule has 2 aromatic heterocycles. The Morgan fingerprint density at radius 2 is 2.43 bits per heavy atom. The van der Waals surface area contributed by atoms with Crippen molar-refractivity contribution in [1.82, 2.24) is 9.38 Å². The maximum atomic E-state index is 5.87. The third-order valence-corrected chi connectivity index (χ3v) is 3.25. The number of hydrogen-bond acceptors (Lipinski definition) is 2. The summed E-state index contributed by atoms with van der Waals surface area (Å²) in [5.74, 6) is 0. The molecule has 0 atom stereocenters. The largest absolute Gasteiger partial charge is 0.378 e. The van der Waals surface area contributed by atoms with Crippen LogP contribution < -0.4 is 0 Å². The van der Waals surface area contributed by atoms with Gasteiger partial charge in [0.1, 0.15) is 9.35 Å². The van der Waals surface area contributed by atoms with Crippen molar-refractivity contribution >= 4 is 39.8 Å². The Hall–Kier alpha value is -0.330. The van der Waals surface area contributed by atoms with Gasteiger partial charge < -0.3 is 4.74 Å². The van der Waals surface area contributed by atoms with Crippen molar-refractivity contribution in [1.29, 1.82) is 0 Å². The summed E-state index contributed by atoms with van der Waals surface area (Å²) in [4.78, 5) is 4.41. The number of pyridine rings is 1. The molecule has 0 aromatic carbocycles. The van der Waals surface area contributed by atoms with Gasteiger partial charge in [-0.3, -0.25) is 4.40 Å². The predicted octanol–water partition coefficient (Wildman–Crippen LogP) is 2.74. The highest BCUT2D eigenvalue weighted by Gasteiger charge is 2.08. The Morgan fingerprint density at radius 1 is 1.64 bits per heavy atom. The van der Waals surface area contributed by atoms with Crippen molar-refractivity contribution in [3.63, 3.8) is 0 Å². The summed E-state index contributed by atoms with van der Waals surface area (Å²) in [6.45, 7) is 0.525. The molecule has 0 amide bonds. The van der Waals surface area contributed by atoms with E-state index in [1.807, 2.05) is 22.7 Å². The second-order valence-corrected chi connectivity index (χ2v) is 4.31. The number of hydrogen-bond donors (Lipinski definition) is 0. The fourth-order valence-electron chi connectivity index (χ4n) is 1.27. The van der Waals surface area contributed by atoms with Crippen LogP contribution in [-0.2, 0) is 11.3 Å². The molecule has 74 valence electrons. The summed E-state index contributed by atoms with van der Waals surface area (Å²) < 4.78 is 8.11. The quantitative estimate of drug-likeness (QED) is 0.795. The molecule has 3 nitrogen and oxygen atoms in total. The third kappa shape index (κ3) is 1.74. The SMILES string of the molecule is COCc1nc2cc(Cl)ccn2c1I. The van der Waals surface area contributed by atoms with E-state index < -0.39 is 0 Å². The van der Waals surface area contributed by atoms with Crippen LogP contribution in [0.2, 0.25) is 5.02 Å². The number of fused-ring (bicyclic) bond motifs is 1. The predicted molar refractivity (Wildman–Crippen MR) is 63.6 cm³/mol. The number of methoxy groups -OCH3 is 1. The van der Waals surface area contributed by atoms with E-state index in [-0.39, 0.29) is 0 Å². The van der Waals surface area contributed by atoms with Gasteiger partial charge in [-0.05, 0) is 28.7 Å². The summed E-state index contributed by atoms with van der Waals surface area (Å²) in [5, 5.41) is 0.697. The molecule has 0 spiro atoms. The average Bonchev–Trinajstić information content (AvgIpc) is 2.44. The monoisotopic (exact) mass is 322 g/mol. The highest BCUT2D eigenvalue weighted by molar-refractivity contribution is 14.1. The van der Waals surface area contributed by atoms with Gasteiger partial charge in [0.15, 0.2) is 0 Å². The van der Waals surface area contributed by atoms with Gasteiger partial charge in [-0.25, -0.2) is 4.98 Å². The maximum Gasteiger partial charge on any atom is 0.139 e. The fourth-order valence-corrected chi connectivity index (χ4v) is 2.11. The van der Waals surface area contributed by atoms with Gasteiger partial charge in [0.2, 0.25) is 0 Å². The van der Waals surface area contributed by atoms with Crippen LogP contribution in [0.1, 0.15) is 5.69 Å². The number of rotatable bonds is 2. The number of ether oxygens (including phenoxy) is 1. The summed E-state index contributed by atoms with van der Waals surface area (Å²) in [6, 6.07) is 3.68. The minimum absolute atomic E-state index is 0.525. The molecule has 5 heteroatoms. The minimum Gasteiger partial charge on any atom is -0.378 e. The topological polar surface area (TPSA) is 26.5 Å². The van der Waals surface area contributed by atoms with Crippen LogP contribution in [0, 0.1) is 3.70 Å². The lowest BCUT2D eigenvalue weighted by molar-refractivity contribution is 0.181. The van der Waals surface area contributed by atoms with Crippen LogP contribution in [0.3, 0.4) is 0 Å². The van der Waals surface area contributed by atoms with Crippen LogP contribution in [0.4, 0.5) is 0 Å². The smallest absolute Gasteiger partial charge is 0.139 e. The molecule has 0 bridgehead atoms. The van der Waals surface area contributed by atoms with Crippen LogP contribution >= 0.6 is 34.2 Å². The van der Waals surface area contributed by atoms with Gasteiger partial charge >= 0.3 is 0 Å². The van der Waals surface area contributed by atoms with Crippen molar-refractivity contribution < 1.29 is 4.74 Å². The van der Waals surface area contributed by atoms with Crippen LogP contribution in [0.15, 0.2) is 18.3 Å². The molecule has 2 rings (SSSR count). The van der Waals surface area contributed by atoms with Crippen molar-refractivity contribution in [3.05, 3.63) is 32.7 Å². The molecular weight excluding hydrogens is 314 g/mol. The van der Waals surface area contributed by atoms with Gasteiger partial charge in [0, 0.05) is 24.4 Å². The van der Waals surface area contributed by atoms with Crippen molar-refractivity contribution in [2.75, 3.05) is 7.11 Å². The Bertz CT molecular complexity index is 469. The molecule has 0 aliphatic rings. The maximum absolute atomic E-state index is 5.87. The van der Waals surface area contributed by atoms with Gasteiger partial charge in [0.05, 0.1) is 12.3 Å². The van der Waals surface area contributed by atoms with E-state index in [1.165, 1.54) is 0 Å². The van der Waals surface area contributed by atoms with Crippen LogP contribution in [0.5, 0.6) is 0 Å². The highest BCUT2D eigenvalue weighted by Crippen LogP contribution is 2.18. The molecule has 0 fully saturated rings. The first-order valence-electron chi connectivity index (χ1n) is 4.03. The highest BCUT2D eigenvalue weighted by atomic mass is 127. The summed E-state index contributed by atoms with van der Waals surface area (Å²) in [6.07, 6.45) is 1.91. The fraction of sp³-hybridized carbons (Fsp3) is 0.222. The summed E-state index contributed by atoms with van der Waals surface area (Å²) in [7, 11) is 1.66. The molecule has 0 unspecified atom stereocenters. The number of aromatic nitrogens is 2. The van der Waals surface area contributed by atoms with Gasteiger partial charge in [-0.1, -0.05) is 11.6 Å². The molecule has 0 saturated carbocycles. The molecule has 0 radical (unpaired) electrons. The summed E-state index contributed by atoms with van der Waals surface area (Å²) in [5.41, 5.74) is 1.80. The van der Waals surface area contributed by atoms with E-state index in [0.717, 1.165) is 15.0 Å². The zero-order valence-electron chi connectivity index (χ0n) is 7.50. The first-order valence-corrected chi connectivity index (χ1v) is 5.49. The molecule has 0 aliphatic carbocycles. The zero-order valence-corrected chi connectivity index (χ0v) is 10.4. The summed E-state index contributed by atoms with van der Waals surface area (Å²) >= 11 is 8.12. The van der Waals surface area contributed by atoms with Gasteiger partial charge in [-0.15, -0.1) is 0 Å². The van der Waals surface area contributed by atoms with E-state index in [0.29, 0.717) is 11.6 Å². The van der Waals surface area contributed by atoms with Crippen LogP contribution in [-0.4, -0.2) is 16.5 Å². The number of imidazole rings is 1. The normalized spacial score (nSPS) is 11.1. The average molecular weight is 323 g/mol. The molecule has 0 N–H and O–H groups in total. The Labute approximate surface area is 100 Å². The van der Waals surface area contributed by atoms with Crippen LogP contribution in [0.25, 0.3) is 5.65 Å². The Morgan fingerprint density at radius 3 is 3.14 bits per heavy atom. The van der Waals surface area contributed by atoms with E-state index in [2.05, 4.69) is 27.6 Å².